The number of hydrogen-bond donors (Lipinski definition) is 1. The van der Waals surface area contributed by atoms with Crippen LogP contribution in [0.4, 0.5) is 5.69 Å². The summed E-state index contributed by atoms with van der Waals surface area (Å²) in [6.45, 7) is 1.50. The first-order chi connectivity index (χ1) is 8.43. The molecule has 0 fully saturated rings. The van der Waals surface area contributed by atoms with Crippen molar-refractivity contribution in [2.24, 2.45) is 0 Å². The van der Waals surface area contributed by atoms with Crippen molar-refractivity contribution in [2.75, 3.05) is 0 Å². The van der Waals surface area contributed by atoms with Crippen LogP contribution in [-0.2, 0) is 4.79 Å². The molecule has 1 rings (SSSR count). The Bertz CT molecular complexity index is 521. The second kappa shape index (κ2) is 5.63. The van der Waals surface area contributed by atoms with E-state index in [1.54, 1.807) is 6.07 Å². The van der Waals surface area contributed by atoms with E-state index in [9.17, 15) is 14.9 Å². The standard InChI is InChI=1S/C11H10N2O5/c1-7(4-11(14)15)18-10-3-2-8(6-12)5-9(10)13(16)17/h2-3,5,7H,4H2,1H3,(H,14,15)/t7-/m1/s1. The Labute approximate surface area is 102 Å². The molecule has 18 heavy (non-hydrogen) atoms. The smallest absolute Gasteiger partial charge is 0.312 e. The maximum atomic E-state index is 10.8. The van der Waals surface area contributed by atoms with E-state index in [0.717, 1.165) is 6.07 Å². The lowest BCUT2D eigenvalue weighted by Crippen LogP contribution is -2.17. The summed E-state index contributed by atoms with van der Waals surface area (Å²) >= 11 is 0. The van der Waals surface area contributed by atoms with E-state index in [4.69, 9.17) is 15.1 Å². The van der Waals surface area contributed by atoms with Gasteiger partial charge in [-0.05, 0) is 19.1 Å². The largest absolute Gasteiger partial charge is 0.483 e. The number of hydrogen-bond acceptors (Lipinski definition) is 5. The van der Waals surface area contributed by atoms with E-state index >= 15 is 0 Å². The van der Waals surface area contributed by atoms with Crippen molar-refractivity contribution in [3.63, 3.8) is 0 Å². The summed E-state index contributed by atoms with van der Waals surface area (Å²) in [5.74, 6) is -1.11. The first kappa shape index (κ1) is 13.4. The van der Waals surface area contributed by atoms with Gasteiger partial charge in [0.2, 0.25) is 0 Å². The highest BCUT2D eigenvalue weighted by Crippen LogP contribution is 2.28. The molecular weight excluding hydrogens is 240 g/mol. The Morgan fingerprint density at radius 2 is 2.33 bits per heavy atom. The lowest BCUT2D eigenvalue weighted by Gasteiger charge is -2.12. The lowest BCUT2D eigenvalue weighted by atomic mass is 10.2. The predicted molar refractivity (Wildman–Crippen MR) is 60.2 cm³/mol. The number of rotatable bonds is 5. The fourth-order valence-electron chi connectivity index (χ4n) is 1.33. The Kier molecular flexibility index (Phi) is 4.21. The SMILES string of the molecule is C[C@H](CC(=O)O)Oc1ccc(C#N)cc1[N+](=O)[O-]. The molecule has 0 saturated carbocycles. The number of carboxylic acid groups (broad SMARTS) is 1. The second-order valence-electron chi connectivity index (χ2n) is 3.58. The number of nitro benzene ring substituents is 1. The molecule has 0 aliphatic carbocycles. The highest BCUT2D eigenvalue weighted by atomic mass is 16.6. The molecule has 0 aliphatic heterocycles. The molecule has 94 valence electrons. The first-order valence-corrected chi connectivity index (χ1v) is 5.01. The number of aliphatic carboxylic acids is 1. The van der Waals surface area contributed by atoms with Gasteiger partial charge in [-0.2, -0.15) is 5.26 Å². The van der Waals surface area contributed by atoms with Crippen molar-refractivity contribution >= 4 is 11.7 Å². The van der Waals surface area contributed by atoms with Crippen LogP contribution in [0.3, 0.4) is 0 Å². The van der Waals surface area contributed by atoms with Crippen molar-refractivity contribution < 1.29 is 19.6 Å². The molecule has 1 N–H and O–H groups in total. The quantitative estimate of drug-likeness (QED) is 0.628. The summed E-state index contributed by atoms with van der Waals surface area (Å²) in [7, 11) is 0. The number of nitriles is 1. The predicted octanol–water partition coefficient (Wildman–Crippen LogP) is 1.71. The van der Waals surface area contributed by atoms with Gasteiger partial charge in [0.1, 0.15) is 6.10 Å². The Morgan fingerprint density at radius 3 is 2.83 bits per heavy atom. The average molecular weight is 250 g/mol. The Hall–Kier alpha value is -2.62. The molecule has 1 aromatic carbocycles. The molecule has 0 heterocycles. The van der Waals surface area contributed by atoms with E-state index < -0.39 is 17.0 Å². The first-order valence-electron chi connectivity index (χ1n) is 5.01. The number of ether oxygens (including phenoxy) is 1. The van der Waals surface area contributed by atoms with Crippen LogP contribution >= 0.6 is 0 Å². The maximum absolute atomic E-state index is 10.8. The van der Waals surface area contributed by atoms with Crippen molar-refractivity contribution in [3.8, 4) is 11.8 Å². The molecule has 7 heteroatoms. The van der Waals surface area contributed by atoms with E-state index in [1.165, 1.54) is 19.1 Å². The summed E-state index contributed by atoms with van der Waals surface area (Å²) in [5.41, 5.74) is -0.216. The Balaban J connectivity index is 2.98. The summed E-state index contributed by atoms with van der Waals surface area (Å²) in [5, 5.41) is 28.0. The van der Waals surface area contributed by atoms with Gasteiger partial charge < -0.3 is 9.84 Å². The second-order valence-corrected chi connectivity index (χ2v) is 3.58. The highest BCUT2D eigenvalue weighted by molar-refractivity contribution is 5.67. The molecule has 0 radical (unpaired) electrons. The van der Waals surface area contributed by atoms with Gasteiger partial charge in [-0.1, -0.05) is 0 Å². The van der Waals surface area contributed by atoms with Crippen LogP contribution in [-0.4, -0.2) is 22.1 Å². The zero-order chi connectivity index (χ0) is 13.7. The van der Waals surface area contributed by atoms with Crippen molar-refractivity contribution in [1.29, 1.82) is 5.26 Å². The van der Waals surface area contributed by atoms with E-state index in [-0.39, 0.29) is 23.4 Å². The molecule has 0 aliphatic rings. The third kappa shape index (κ3) is 3.45. The summed E-state index contributed by atoms with van der Waals surface area (Å²) in [4.78, 5) is 20.6. The molecule has 0 bridgehead atoms. The number of nitrogens with zero attached hydrogens (tertiary/aromatic N) is 2. The van der Waals surface area contributed by atoms with E-state index in [2.05, 4.69) is 0 Å². The van der Waals surface area contributed by atoms with Gasteiger partial charge in [0.15, 0.2) is 5.75 Å². The fourth-order valence-corrected chi connectivity index (χ4v) is 1.33. The molecule has 0 saturated heterocycles. The van der Waals surface area contributed by atoms with E-state index in [0.29, 0.717) is 0 Å². The van der Waals surface area contributed by atoms with Crippen LogP contribution in [0, 0.1) is 21.4 Å². The normalized spacial score (nSPS) is 11.3. The summed E-state index contributed by atoms with van der Waals surface area (Å²) in [6, 6.07) is 5.52. The van der Waals surface area contributed by atoms with Gasteiger partial charge in [-0.3, -0.25) is 14.9 Å². The molecule has 0 aromatic heterocycles. The van der Waals surface area contributed by atoms with Crippen LogP contribution in [0.15, 0.2) is 18.2 Å². The monoisotopic (exact) mass is 250 g/mol. The van der Waals surface area contributed by atoms with Crippen LogP contribution in [0.5, 0.6) is 5.75 Å². The van der Waals surface area contributed by atoms with Gasteiger partial charge in [-0.25, -0.2) is 0 Å². The zero-order valence-corrected chi connectivity index (χ0v) is 9.49. The molecule has 0 unspecified atom stereocenters. The fraction of sp³-hybridized carbons (Fsp3) is 0.273. The average Bonchev–Trinajstić information content (AvgIpc) is 2.28. The third-order valence-electron chi connectivity index (χ3n) is 2.07. The van der Waals surface area contributed by atoms with Gasteiger partial charge in [-0.15, -0.1) is 0 Å². The highest BCUT2D eigenvalue weighted by Gasteiger charge is 2.19. The molecule has 1 aromatic rings. The van der Waals surface area contributed by atoms with Crippen molar-refractivity contribution in [2.45, 2.75) is 19.4 Å². The summed E-state index contributed by atoms with van der Waals surface area (Å²) in [6.07, 6.45) is -0.967. The number of benzene rings is 1. The van der Waals surface area contributed by atoms with Crippen molar-refractivity contribution in [1.82, 2.24) is 0 Å². The number of carbonyl (C=O) groups is 1. The molecule has 0 spiro atoms. The van der Waals surface area contributed by atoms with Crippen molar-refractivity contribution in [3.05, 3.63) is 33.9 Å². The van der Waals surface area contributed by atoms with Gasteiger partial charge >= 0.3 is 11.7 Å². The van der Waals surface area contributed by atoms with Crippen LogP contribution in [0.1, 0.15) is 18.9 Å². The maximum Gasteiger partial charge on any atom is 0.312 e. The van der Waals surface area contributed by atoms with Crippen LogP contribution < -0.4 is 4.74 Å². The lowest BCUT2D eigenvalue weighted by molar-refractivity contribution is -0.386. The third-order valence-corrected chi connectivity index (χ3v) is 2.07. The van der Waals surface area contributed by atoms with Gasteiger partial charge in [0, 0.05) is 6.07 Å². The minimum Gasteiger partial charge on any atom is -0.483 e. The van der Waals surface area contributed by atoms with Gasteiger partial charge in [0.05, 0.1) is 23.0 Å². The topological polar surface area (TPSA) is 113 Å². The van der Waals surface area contributed by atoms with Gasteiger partial charge in [0.25, 0.3) is 0 Å². The minimum absolute atomic E-state index is 0.0484. The number of carboxylic acids is 1. The molecule has 1 atom stereocenters. The van der Waals surface area contributed by atoms with Crippen LogP contribution in [0.2, 0.25) is 0 Å². The molecular formula is C11H10N2O5. The van der Waals surface area contributed by atoms with E-state index in [1.807, 2.05) is 0 Å². The number of nitro groups is 1. The molecule has 7 nitrogen and oxygen atoms in total. The molecule has 0 amide bonds. The zero-order valence-electron chi connectivity index (χ0n) is 9.49. The minimum atomic E-state index is -1.06. The van der Waals surface area contributed by atoms with Crippen LogP contribution in [0.25, 0.3) is 0 Å². The summed E-state index contributed by atoms with van der Waals surface area (Å²) < 4.78 is 5.19. The Morgan fingerprint density at radius 1 is 1.67 bits per heavy atom.